The largest absolute Gasteiger partial charge is 0.303 e. The van der Waals surface area contributed by atoms with Crippen LogP contribution in [-0.2, 0) is 9.59 Å². The summed E-state index contributed by atoms with van der Waals surface area (Å²) in [6, 6.07) is 0. The first-order valence-corrected chi connectivity index (χ1v) is 13.6. The molecule has 0 bridgehead atoms. The summed E-state index contributed by atoms with van der Waals surface area (Å²) in [5, 5.41) is 0. The minimum absolute atomic E-state index is 0.0276. The molecular formula is C28H54B3O2. The second kappa shape index (κ2) is 14.2. The van der Waals surface area contributed by atoms with Crippen molar-refractivity contribution >= 4 is 33.5 Å². The number of carbonyl (C=O) groups is 2. The molecule has 2 nitrogen and oxygen atoms in total. The Labute approximate surface area is 210 Å². The Kier molecular flexibility index (Phi) is 14.0. The molecule has 0 aliphatic heterocycles. The average Bonchev–Trinajstić information content (AvgIpc) is 2.74. The van der Waals surface area contributed by atoms with E-state index >= 15 is 0 Å². The van der Waals surface area contributed by atoms with Crippen LogP contribution in [0, 0.1) is 46.3 Å². The minimum atomic E-state index is -0.638. The highest BCUT2D eigenvalue weighted by atomic mass is 16.1. The van der Waals surface area contributed by atoms with E-state index in [-0.39, 0.29) is 24.1 Å². The van der Waals surface area contributed by atoms with Crippen molar-refractivity contribution in [1.29, 1.82) is 0 Å². The van der Waals surface area contributed by atoms with Crippen LogP contribution in [0.3, 0.4) is 0 Å². The number of Topliss-reactive ketones (excluding diaryl/α,β-unsaturated/α-hetero) is 1. The van der Waals surface area contributed by atoms with Crippen molar-refractivity contribution in [1.82, 2.24) is 0 Å². The number of carbonyl (C=O) groups excluding carboxylic acids is 2. The van der Waals surface area contributed by atoms with Gasteiger partial charge in [0.2, 0.25) is 0 Å². The van der Waals surface area contributed by atoms with Crippen molar-refractivity contribution in [3.05, 3.63) is 0 Å². The van der Waals surface area contributed by atoms with Crippen LogP contribution in [0.4, 0.5) is 0 Å². The predicted molar refractivity (Wildman–Crippen MR) is 149 cm³/mol. The maximum absolute atomic E-state index is 13.8. The van der Waals surface area contributed by atoms with E-state index < -0.39 is 10.8 Å². The van der Waals surface area contributed by atoms with Gasteiger partial charge in [0.15, 0.2) is 0 Å². The molecule has 3 radical (unpaired) electrons. The fraction of sp³-hybridized carbons (Fsp3) is 0.929. The number of rotatable bonds is 17. The average molecular weight is 455 g/mol. The Hall–Kier alpha value is -0.465. The zero-order valence-electron chi connectivity index (χ0n) is 24.2. The molecule has 0 N–H and O–H groups in total. The topological polar surface area (TPSA) is 34.1 Å². The third-order valence-electron chi connectivity index (χ3n) is 8.87. The summed E-state index contributed by atoms with van der Waals surface area (Å²) in [5.41, 5.74) is -1.26. The standard InChI is InChI=1S/C28H54B3O2/c1-19(2)14-13-15-20(3)16-17-21(4)22(5)23(6)24(7)25(33)28(10,11)26(31(12)30-29)27(8,9)18-32/h18-24,26H,13-17H2,1-12H3. The van der Waals surface area contributed by atoms with E-state index in [9.17, 15) is 9.59 Å². The van der Waals surface area contributed by atoms with Gasteiger partial charge in [0, 0.05) is 31.5 Å². The van der Waals surface area contributed by atoms with Gasteiger partial charge in [-0.25, -0.2) is 0 Å². The van der Waals surface area contributed by atoms with E-state index in [1.807, 2.05) is 34.5 Å². The fourth-order valence-electron chi connectivity index (χ4n) is 6.23. The van der Waals surface area contributed by atoms with E-state index in [0.717, 1.165) is 18.1 Å². The molecule has 0 aromatic heterocycles. The number of ketones is 1. The molecule has 0 rings (SSSR count). The normalized spacial score (nSPS) is 18.2. The molecule has 0 aromatic rings. The van der Waals surface area contributed by atoms with Gasteiger partial charge in [-0.1, -0.05) is 115 Å². The maximum Gasteiger partial charge on any atom is 0.141 e. The van der Waals surface area contributed by atoms with Gasteiger partial charge < -0.3 is 4.79 Å². The van der Waals surface area contributed by atoms with E-state index in [1.165, 1.54) is 32.1 Å². The van der Waals surface area contributed by atoms with Crippen LogP contribution in [0.2, 0.25) is 12.6 Å². The van der Waals surface area contributed by atoms with Gasteiger partial charge >= 0.3 is 0 Å². The molecule has 0 fully saturated rings. The number of hydrogen-bond donors (Lipinski definition) is 0. The van der Waals surface area contributed by atoms with Gasteiger partial charge in [-0.15, -0.1) is 0 Å². The van der Waals surface area contributed by atoms with Crippen molar-refractivity contribution in [2.45, 2.75) is 121 Å². The van der Waals surface area contributed by atoms with Gasteiger partial charge in [0.05, 0.1) is 6.60 Å². The Morgan fingerprint density at radius 1 is 0.909 bits per heavy atom. The lowest BCUT2D eigenvalue weighted by atomic mass is 9.08. The van der Waals surface area contributed by atoms with Gasteiger partial charge in [0.25, 0.3) is 0 Å². The molecule has 0 aromatic carbocycles. The summed E-state index contributed by atoms with van der Waals surface area (Å²) < 4.78 is 0. The SMILES string of the molecule is [B][B]B(C)C(C(C)(C)C=O)C(C)(C)C(=O)C(C)C(C)C(C)C(C)CCC(C)CCCC(C)C. The van der Waals surface area contributed by atoms with Gasteiger partial charge in [0.1, 0.15) is 12.1 Å². The monoisotopic (exact) mass is 455 g/mol. The summed E-state index contributed by atoms with van der Waals surface area (Å²) in [4.78, 5) is 25.7. The quantitative estimate of drug-likeness (QED) is 0.170. The van der Waals surface area contributed by atoms with Crippen LogP contribution < -0.4 is 0 Å². The fourth-order valence-corrected chi connectivity index (χ4v) is 6.23. The van der Waals surface area contributed by atoms with Crippen LogP contribution in [0.15, 0.2) is 0 Å². The first-order chi connectivity index (χ1) is 15.0. The third-order valence-corrected chi connectivity index (χ3v) is 8.87. The molecule has 0 heterocycles. The van der Waals surface area contributed by atoms with Crippen LogP contribution >= 0.6 is 0 Å². The van der Waals surface area contributed by atoms with Crippen molar-refractivity contribution in [2.75, 3.05) is 0 Å². The van der Waals surface area contributed by atoms with E-state index in [4.69, 9.17) is 7.74 Å². The predicted octanol–water partition coefficient (Wildman–Crippen LogP) is 7.37. The first-order valence-electron chi connectivity index (χ1n) is 13.6. The van der Waals surface area contributed by atoms with Crippen molar-refractivity contribution in [3.8, 4) is 0 Å². The summed E-state index contributed by atoms with van der Waals surface area (Å²) in [7, 11) is 7.54. The van der Waals surface area contributed by atoms with Crippen LogP contribution in [0.5, 0.6) is 0 Å². The lowest BCUT2D eigenvalue weighted by Gasteiger charge is -2.46. The van der Waals surface area contributed by atoms with Crippen LogP contribution in [0.1, 0.15) is 108 Å². The molecule has 0 spiro atoms. The van der Waals surface area contributed by atoms with E-state index in [1.54, 1.807) is 7.06 Å². The highest BCUT2D eigenvalue weighted by Crippen LogP contribution is 2.49. The minimum Gasteiger partial charge on any atom is -0.303 e. The summed E-state index contributed by atoms with van der Waals surface area (Å²) in [6.07, 6.45) is 7.46. The molecule has 5 heteroatoms. The summed E-state index contributed by atoms with van der Waals surface area (Å²) in [5.74, 6) is 2.97. The molecule has 0 saturated carbocycles. The Morgan fingerprint density at radius 3 is 1.91 bits per heavy atom. The third kappa shape index (κ3) is 9.60. The van der Waals surface area contributed by atoms with Crippen LogP contribution in [-0.4, -0.2) is 33.5 Å². The summed E-state index contributed by atoms with van der Waals surface area (Å²) in [6.45, 7) is 25.9. The van der Waals surface area contributed by atoms with Gasteiger partial charge in [-0.05, 0) is 35.4 Å². The van der Waals surface area contributed by atoms with E-state index in [2.05, 4.69) is 48.5 Å². The number of hydrogen-bond acceptors (Lipinski definition) is 2. The number of aldehydes is 1. The molecule has 6 unspecified atom stereocenters. The molecule has 0 aliphatic rings. The lowest BCUT2D eigenvalue weighted by Crippen LogP contribution is -2.50. The summed E-state index contributed by atoms with van der Waals surface area (Å²) >= 11 is 0. The molecular weight excluding hydrogens is 401 g/mol. The Morgan fingerprint density at radius 2 is 1.45 bits per heavy atom. The zero-order chi connectivity index (χ0) is 26.1. The highest BCUT2D eigenvalue weighted by Gasteiger charge is 2.49. The highest BCUT2D eigenvalue weighted by molar-refractivity contribution is 7.31. The van der Waals surface area contributed by atoms with E-state index in [0.29, 0.717) is 17.8 Å². The maximum atomic E-state index is 13.8. The van der Waals surface area contributed by atoms with Crippen molar-refractivity contribution < 1.29 is 9.59 Å². The Bertz CT molecular complexity index is 588. The molecule has 33 heavy (non-hydrogen) atoms. The molecule has 0 aliphatic carbocycles. The van der Waals surface area contributed by atoms with Gasteiger partial charge in [-0.3, -0.25) is 4.79 Å². The lowest BCUT2D eigenvalue weighted by molar-refractivity contribution is -0.135. The molecule has 187 valence electrons. The second-order valence-corrected chi connectivity index (χ2v) is 13.0. The first kappa shape index (κ1) is 32.5. The van der Waals surface area contributed by atoms with Crippen molar-refractivity contribution in [3.63, 3.8) is 0 Å². The second-order valence-electron chi connectivity index (χ2n) is 13.0. The van der Waals surface area contributed by atoms with Gasteiger partial charge in [-0.2, -0.15) is 0 Å². The van der Waals surface area contributed by atoms with Crippen molar-refractivity contribution in [2.24, 2.45) is 46.3 Å². The molecule has 6 atom stereocenters. The molecule has 0 saturated heterocycles. The smallest absolute Gasteiger partial charge is 0.141 e. The molecule has 0 amide bonds. The Balaban J connectivity index is 5.23. The van der Waals surface area contributed by atoms with Crippen LogP contribution in [0.25, 0.3) is 0 Å². The zero-order valence-corrected chi connectivity index (χ0v) is 24.2.